The summed E-state index contributed by atoms with van der Waals surface area (Å²) in [5.74, 6) is 10.7. The molecule has 69 heavy (non-hydrogen) atoms. The van der Waals surface area contributed by atoms with E-state index in [-0.39, 0.29) is 35.7 Å². The van der Waals surface area contributed by atoms with Gasteiger partial charge in [-0.25, -0.2) is 39.3 Å². The normalized spacial score (nSPS) is 15.1. The summed E-state index contributed by atoms with van der Waals surface area (Å²) >= 11 is 1.35. The molecule has 2 fully saturated rings. The number of rotatable bonds is 8. The summed E-state index contributed by atoms with van der Waals surface area (Å²) in [7, 11) is 0. The number of hydrogen-bond donors (Lipinski definition) is 4. The molecular weight excluding hydrogens is 897 g/mol. The fourth-order valence-electron chi connectivity index (χ4n) is 8.17. The molecule has 8 aromatic rings. The fourth-order valence-corrected chi connectivity index (χ4v) is 8.69. The van der Waals surface area contributed by atoms with Crippen LogP contribution in [0.15, 0.2) is 97.2 Å². The minimum atomic E-state index is -0.264. The molecule has 21 heteroatoms. The molecule has 2 unspecified atom stereocenters. The van der Waals surface area contributed by atoms with E-state index < -0.39 is 0 Å². The molecule has 2 aliphatic heterocycles. The minimum Gasteiger partial charge on any atom is -0.383 e. The van der Waals surface area contributed by atoms with Crippen LogP contribution in [-0.4, -0.2) is 109 Å². The number of fused-ring (bicyclic) bond motifs is 2. The van der Waals surface area contributed by atoms with Crippen LogP contribution in [0.5, 0.6) is 0 Å². The van der Waals surface area contributed by atoms with Gasteiger partial charge in [0.15, 0.2) is 16.4 Å². The van der Waals surface area contributed by atoms with Crippen molar-refractivity contribution < 1.29 is 19.2 Å². The zero-order chi connectivity index (χ0) is 48.0. The molecule has 2 aliphatic rings. The van der Waals surface area contributed by atoms with E-state index in [2.05, 4.69) is 64.2 Å². The maximum atomic E-state index is 12.6. The molecule has 8 heterocycles. The van der Waals surface area contributed by atoms with Crippen molar-refractivity contribution in [1.29, 1.82) is 0 Å². The number of aromatic nitrogens is 10. The third-order valence-electron chi connectivity index (χ3n) is 11.5. The summed E-state index contributed by atoms with van der Waals surface area (Å²) in [6.07, 6.45) is 7.52. The molecule has 6 N–H and O–H groups in total. The fraction of sp³-hybridized carbons (Fsp3) is 0.208. The molecule has 2 saturated heterocycles. The average Bonchev–Trinajstić information content (AvgIpc) is 4.23. The first-order valence-corrected chi connectivity index (χ1v) is 22.5. The number of hydrogen-bond acceptors (Lipinski definition) is 15. The monoisotopic (exact) mass is 938 g/mol. The first kappa shape index (κ1) is 45.1. The molecule has 10 rings (SSSR count). The molecule has 0 saturated carbocycles. The van der Waals surface area contributed by atoms with Crippen molar-refractivity contribution in [3.05, 3.63) is 108 Å². The number of carbonyl (C=O) groups is 4. The summed E-state index contributed by atoms with van der Waals surface area (Å²) in [6.45, 7) is 5.45. The Morgan fingerprint density at radius 1 is 0.623 bits per heavy atom. The molecule has 6 aromatic heterocycles. The number of nitrogen functional groups attached to an aromatic ring is 2. The molecule has 0 aliphatic carbocycles. The number of anilines is 4. The first-order valence-electron chi connectivity index (χ1n) is 21.6. The molecule has 0 radical (unpaired) electrons. The Morgan fingerprint density at radius 2 is 1.13 bits per heavy atom. The van der Waals surface area contributed by atoms with Gasteiger partial charge in [0.2, 0.25) is 0 Å². The van der Waals surface area contributed by atoms with Crippen LogP contribution >= 0.6 is 11.3 Å². The Bertz CT molecular complexity index is 3350. The maximum absolute atomic E-state index is 12.6. The van der Waals surface area contributed by atoms with Gasteiger partial charge >= 0.3 is 0 Å². The van der Waals surface area contributed by atoms with Crippen LogP contribution in [0.2, 0.25) is 0 Å². The van der Waals surface area contributed by atoms with Gasteiger partial charge in [0.1, 0.15) is 41.5 Å². The number of nitrogens with two attached hydrogens (primary N) is 2. The quantitative estimate of drug-likeness (QED) is 0.145. The molecule has 20 nitrogen and oxygen atoms in total. The lowest BCUT2D eigenvalue weighted by molar-refractivity contribution is -0.125. The predicted octanol–water partition coefficient (Wildman–Crippen LogP) is 5.10. The Balaban J connectivity index is 0.000000172. The highest BCUT2D eigenvalue weighted by molar-refractivity contribution is 7.13. The topological polar surface area (TPSA) is 264 Å². The Kier molecular flexibility index (Phi) is 12.9. The van der Waals surface area contributed by atoms with Crippen molar-refractivity contribution in [2.45, 2.75) is 38.8 Å². The summed E-state index contributed by atoms with van der Waals surface area (Å²) in [5, 5.41) is 18.8. The lowest BCUT2D eigenvalue weighted by Gasteiger charge is -2.14. The van der Waals surface area contributed by atoms with Crippen molar-refractivity contribution in [1.82, 2.24) is 59.3 Å². The van der Waals surface area contributed by atoms with E-state index in [0.29, 0.717) is 93.3 Å². The van der Waals surface area contributed by atoms with Gasteiger partial charge in [-0.15, -0.1) is 11.3 Å². The summed E-state index contributed by atoms with van der Waals surface area (Å²) in [5.41, 5.74) is 17.4. The van der Waals surface area contributed by atoms with E-state index in [0.717, 1.165) is 24.0 Å². The first-order chi connectivity index (χ1) is 33.6. The van der Waals surface area contributed by atoms with Gasteiger partial charge in [-0.1, -0.05) is 42.2 Å². The minimum absolute atomic E-state index is 0.0588. The largest absolute Gasteiger partial charge is 0.383 e. The number of nitrogens with zero attached hydrogens (tertiary/aromatic N) is 12. The van der Waals surface area contributed by atoms with Crippen LogP contribution in [0.25, 0.3) is 44.6 Å². The van der Waals surface area contributed by atoms with E-state index in [1.165, 1.54) is 24.0 Å². The van der Waals surface area contributed by atoms with Crippen molar-refractivity contribution in [3.8, 4) is 46.2 Å². The zero-order valence-corrected chi connectivity index (χ0v) is 38.0. The Hall–Kier alpha value is -9.08. The van der Waals surface area contributed by atoms with Crippen LogP contribution < -0.4 is 22.1 Å². The number of likely N-dealkylation sites (tertiary alicyclic amines) is 2. The van der Waals surface area contributed by atoms with Crippen molar-refractivity contribution >= 4 is 79.6 Å². The lowest BCUT2D eigenvalue weighted by Crippen LogP contribution is -2.28. The third kappa shape index (κ3) is 9.48. The molecule has 0 spiro atoms. The second-order valence-corrected chi connectivity index (χ2v) is 16.6. The lowest BCUT2D eigenvalue weighted by atomic mass is 10.1. The number of pyridine rings is 1. The van der Waals surface area contributed by atoms with Crippen LogP contribution in [0.3, 0.4) is 0 Å². The van der Waals surface area contributed by atoms with E-state index in [4.69, 9.17) is 21.7 Å². The smallest absolute Gasteiger partial charge is 0.298 e. The third-order valence-corrected chi connectivity index (χ3v) is 12.2. The second-order valence-electron chi connectivity index (χ2n) is 15.8. The number of nitrogens with one attached hydrogen (secondary N) is 2. The average molecular weight is 939 g/mol. The van der Waals surface area contributed by atoms with Gasteiger partial charge < -0.3 is 26.6 Å². The van der Waals surface area contributed by atoms with Gasteiger partial charge in [0.25, 0.3) is 23.6 Å². The SMILES string of the molecule is CC#CC(=O)N1CCC(n2nc(-c3ccc(C(=O)Nc4ccccn4)cc3)c3c(N)ncnc32)C1.CC#CC(=O)N1CCC(n2nc(-c3ccc(C(=O)Nc4nccs4)cc3)c3c(N)ncnc32)C1. The van der Waals surface area contributed by atoms with Crippen molar-refractivity contribution in [2.75, 3.05) is 48.3 Å². The molecule has 4 amide bonds. The standard InChI is InChI=1S/C25H22N8O2.C23H20N8O2S/c1-2-5-20(34)32-13-11-18(14-32)33-24-21(23(26)28-15-29-24)22(31-33)16-7-9-17(10-8-16)25(35)30-19-6-3-4-12-27-19;1-2-3-17(32)30-10-8-16(12-30)31-21-18(20(24)26-13-27-21)19(29-31)14-4-6-15(7-5-14)22(33)28-23-25-9-11-34-23/h3-4,6-10,12,15,18H,11,13-14H2,1H3,(H2,26,28,29)(H,27,30,35);4-7,9,11,13,16H,8,10,12H2,1H3,(H2,24,26,27)(H,25,28,33). The number of thiazole rings is 1. The number of carbonyl (C=O) groups excluding carboxylic acids is 4. The Morgan fingerprint density at radius 3 is 1.58 bits per heavy atom. The van der Waals surface area contributed by atoms with Gasteiger partial charge in [0, 0.05) is 66.2 Å². The highest BCUT2D eigenvalue weighted by atomic mass is 32.1. The van der Waals surface area contributed by atoms with Crippen LogP contribution in [-0.2, 0) is 9.59 Å². The highest BCUT2D eigenvalue weighted by Gasteiger charge is 2.32. The predicted molar refractivity (Wildman–Crippen MR) is 260 cm³/mol. The Labute approximate surface area is 398 Å². The van der Waals surface area contributed by atoms with E-state index in [1.54, 1.807) is 83.9 Å². The van der Waals surface area contributed by atoms with Crippen molar-refractivity contribution in [2.24, 2.45) is 0 Å². The molecule has 2 atom stereocenters. The zero-order valence-electron chi connectivity index (χ0n) is 37.2. The van der Waals surface area contributed by atoms with Gasteiger partial charge in [-0.3, -0.25) is 24.5 Å². The second kappa shape index (κ2) is 19.8. The molecular formula is C48H42N16O4S. The van der Waals surface area contributed by atoms with Gasteiger partial charge in [-0.2, -0.15) is 10.2 Å². The summed E-state index contributed by atoms with van der Waals surface area (Å²) in [4.78, 5) is 78.3. The summed E-state index contributed by atoms with van der Waals surface area (Å²) < 4.78 is 3.63. The van der Waals surface area contributed by atoms with Crippen LogP contribution in [0.4, 0.5) is 22.6 Å². The van der Waals surface area contributed by atoms with Gasteiger partial charge in [-0.05, 0) is 74.9 Å². The molecule has 344 valence electrons. The van der Waals surface area contributed by atoms with E-state index >= 15 is 0 Å². The molecule has 2 aromatic carbocycles. The van der Waals surface area contributed by atoms with Crippen LogP contribution in [0, 0.1) is 23.7 Å². The van der Waals surface area contributed by atoms with Crippen LogP contribution in [0.1, 0.15) is 59.5 Å². The summed E-state index contributed by atoms with van der Waals surface area (Å²) in [6, 6.07) is 19.3. The van der Waals surface area contributed by atoms with Gasteiger partial charge in [0.05, 0.1) is 22.9 Å². The van der Waals surface area contributed by atoms with E-state index in [1.807, 2.05) is 33.6 Å². The highest BCUT2D eigenvalue weighted by Crippen LogP contribution is 2.36. The number of benzene rings is 2. The van der Waals surface area contributed by atoms with E-state index in [9.17, 15) is 19.2 Å². The molecule has 0 bridgehead atoms. The van der Waals surface area contributed by atoms with Crippen molar-refractivity contribution in [3.63, 3.8) is 0 Å². The number of amides is 4. The maximum Gasteiger partial charge on any atom is 0.298 e.